The summed E-state index contributed by atoms with van der Waals surface area (Å²) in [7, 11) is 0. The number of amides is 1. The number of carbonyl (C=O) groups excluding carboxylic acids is 1. The van der Waals surface area contributed by atoms with Gasteiger partial charge in [0.05, 0.1) is 35.9 Å². The quantitative estimate of drug-likeness (QED) is 0.152. The number of aliphatic hydroxyl groups is 1. The largest absolute Gasteiger partial charge is 0.445 e. The van der Waals surface area contributed by atoms with E-state index in [9.17, 15) is 46.4 Å². The van der Waals surface area contributed by atoms with Crippen LogP contribution in [0.3, 0.4) is 0 Å². The van der Waals surface area contributed by atoms with Crippen molar-refractivity contribution < 1.29 is 50.6 Å². The second-order valence-electron chi connectivity index (χ2n) is 11.0. The number of carbonyl (C=O) groups is 1. The minimum absolute atomic E-state index is 0.0133. The van der Waals surface area contributed by atoms with Gasteiger partial charge in [0.1, 0.15) is 13.2 Å². The van der Waals surface area contributed by atoms with Gasteiger partial charge in [-0.25, -0.2) is 4.79 Å². The Morgan fingerprint density at radius 1 is 0.956 bits per heavy atom. The predicted octanol–water partition coefficient (Wildman–Crippen LogP) is 7.14. The fourth-order valence-electron chi connectivity index (χ4n) is 5.33. The number of ether oxygens (including phenoxy) is 2. The Morgan fingerprint density at radius 3 is 2.02 bits per heavy atom. The summed E-state index contributed by atoms with van der Waals surface area (Å²) in [5, 5.41) is 22.2. The highest BCUT2D eigenvalue weighted by atomic mass is 19.4. The second kappa shape index (κ2) is 13.1. The summed E-state index contributed by atoms with van der Waals surface area (Å²) < 4.78 is 92.6. The zero-order valence-electron chi connectivity index (χ0n) is 24.0. The Balaban J connectivity index is 1.74. The molecule has 8 nitrogen and oxygen atoms in total. The van der Waals surface area contributed by atoms with Crippen LogP contribution in [0.2, 0.25) is 0 Å². The average Bonchev–Trinajstić information content (AvgIpc) is 3.02. The van der Waals surface area contributed by atoms with Crippen LogP contribution in [0.25, 0.3) is 0 Å². The monoisotopic (exact) mass is 640 g/mol. The van der Waals surface area contributed by atoms with Gasteiger partial charge in [-0.05, 0) is 48.2 Å². The van der Waals surface area contributed by atoms with Gasteiger partial charge in [-0.1, -0.05) is 60.7 Å². The number of likely N-dealkylation sites (tertiary alicyclic amines) is 1. The Bertz CT molecular complexity index is 1460. The van der Waals surface area contributed by atoms with Gasteiger partial charge in [0.15, 0.2) is 0 Å². The lowest BCUT2D eigenvalue weighted by Gasteiger charge is -2.49. The van der Waals surface area contributed by atoms with E-state index >= 15 is 0 Å². The Kier molecular flexibility index (Phi) is 9.78. The molecule has 3 aromatic carbocycles. The van der Waals surface area contributed by atoms with E-state index in [1.54, 1.807) is 60.7 Å². The first-order valence-electron chi connectivity index (χ1n) is 13.8. The number of aliphatic hydroxyl groups excluding tert-OH is 1. The lowest BCUT2D eigenvalue weighted by molar-refractivity contribution is -0.579. The smallest absolute Gasteiger partial charge is 0.416 e. The molecule has 242 valence electrons. The van der Waals surface area contributed by atoms with Gasteiger partial charge >= 0.3 is 18.4 Å². The van der Waals surface area contributed by atoms with Crippen molar-refractivity contribution in [1.82, 2.24) is 4.90 Å². The zero-order valence-corrected chi connectivity index (χ0v) is 24.0. The molecule has 1 saturated heterocycles. The minimum atomic E-state index is -5.07. The van der Waals surface area contributed by atoms with E-state index in [-0.39, 0.29) is 25.5 Å². The number of rotatable bonds is 9. The molecule has 1 heterocycles. The molecule has 4 rings (SSSR count). The van der Waals surface area contributed by atoms with Crippen molar-refractivity contribution in [3.63, 3.8) is 0 Å². The van der Waals surface area contributed by atoms with E-state index in [2.05, 4.69) is 0 Å². The number of piperidine rings is 1. The van der Waals surface area contributed by atoms with Crippen molar-refractivity contribution in [2.75, 3.05) is 19.8 Å². The van der Waals surface area contributed by atoms with Crippen LogP contribution < -0.4 is 0 Å². The molecule has 1 aliphatic rings. The van der Waals surface area contributed by atoms with Crippen LogP contribution in [0.5, 0.6) is 0 Å². The Morgan fingerprint density at radius 2 is 1.51 bits per heavy atom. The van der Waals surface area contributed by atoms with E-state index in [0.29, 0.717) is 23.3 Å². The van der Waals surface area contributed by atoms with Crippen LogP contribution in [0.15, 0.2) is 78.9 Å². The normalized spacial score (nSPS) is 21.3. The van der Waals surface area contributed by atoms with Crippen molar-refractivity contribution in [3.8, 4) is 0 Å². The standard InChI is InChI=1S/C31H30F6N2O6/c1-21(23-14-25(30(32,33)34)16-26(15-23)31(35,36)37)45-20-29(24-10-6-3-7-11-24)13-12-28(19-40,39(42)43)18-38(29)27(41)44-17-22-8-4-2-5-9-22/h2-11,14-16,21,40H,12-13,17-20H2,1H3/t21-,28+,29?/m1/s1. The fraction of sp³-hybridized carbons (Fsp3) is 0.387. The minimum Gasteiger partial charge on any atom is -0.445 e. The molecule has 14 heteroatoms. The molecule has 3 atom stereocenters. The number of hydrogen-bond donors (Lipinski definition) is 1. The summed E-state index contributed by atoms with van der Waals surface area (Å²) in [6.07, 6.45) is -12.8. The molecule has 0 aliphatic carbocycles. The van der Waals surface area contributed by atoms with Crippen molar-refractivity contribution in [2.24, 2.45) is 0 Å². The summed E-state index contributed by atoms with van der Waals surface area (Å²) in [6.45, 7) is -0.930. The van der Waals surface area contributed by atoms with Crippen LogP contribution in [-0.2, 0) is 34.0 Å². The van der Waals surface area contributed by atoms with Gasteiger partial charge in [-0.15, -0.1) is 0 Å². The maximum absolute atomic E-state index is 13.7. The highest BCUT2D eigenvalue weighted by Gasteiger charge is 2.57. The van der Waals surface area contributed by atoms with Crippen LogP contribution in [-0.4, -0.2) is 46.3 Å². The van der Waals surface area contributed by atoms with E-state index in [1.807, 2.05) is 0 Å². The molecule has 1 amide bonds. The van der Waals surface area contributed by atoms with Crippen molar-refractivity contribution in [1.29, 1.82) is 0 Å². The molecular weight excluding hydrogens is 610 g/mol. The number of nitro groups is 1. The molecule has 0 spiro atoms. The van der Waals surface area contributed by atoms with Gasteiger partial charge in [0, 0.05) is 11.3 Å². The summed E-state index contributed by atoms with van der Waals surface area (Å²) in [5.41, 5.74) is -5.85. The number of nitrogens with zero attached hydrogens (tertiary/aromatic N) is 2. The lowest BCUT2D eigenvalue weighted by atomic mass is 9.75. The van der Waals surface area contributed by atoms with E-state index in [4.69, 9.17) is 9.47 Å². The van der Waals surface area contributed by atoms with Gasteiger partial charge in [0.25, 0.3) is 5.54 Å². The van der Waals surface area contributed by atoms with E-state index in [1.165, 1.54) is 6.92 Å². The Hall–Kier alpha value is -4.17. The van der Waals surface area contributed by atoms with Crippen molar-refractivity contribution in [2.45, 2.75) is 55.9 Å². The van der Waals surface area contributed by atoms with Crippen LogP contribution >= 0.6 is 0 Å². The second-order valence-corrected chi connectivity index (χ2v) is 11.0. The molecule has 1 N–H and O–H groups in total. The van der Waals surface area contributed by atoms with Crippen molar-refractivity contribution >= 4 is 6.09 Å². The van der Waals surface area contributed by atoms with Crippen molar-refractivity contribution in [3.05, 3.63) is 117 Å². The van der Waals surface area contributed by atoms with Gasteiger partial charge in [-0.2, -0.15) is 26.3 Å². The predicted molar refractivity (Wildman–Crippen MR) is 148 cm³/mol. The number of benzene rings is 3. The molecule has 0 aromatic heterocycles. The molecule has 1 fully saturated rings. The summed E-state index contributed by atoms with van der Waals surface area (Å²) >= 11 is 0. The highest BCUT2D eigenvalue weighted by molar-refractivity contribution is 5.70. The zero-order chi connectivity index (χ0) is 33.0. The summed E-state index contributed by atoms with van der Waals surface area (Å²) in [6, 6.07) is 17.9. The lowest BCUT2D eigenvalue weighted by Crippen LogP contribution is -2.65. The molecule has 1 aliphatic heterocycles. The molecular formula is C31H30F6N2O6. The van der Waals surface area contributed by atoms with Gasteiger partial charge in [-0.3, -0.25) is 15.0 Å². The molecule has 0 bridgehead atoms. The van der Waals surface area contributed by atoms with Crippen LogP contribution in [0.1, 0.15) is 53.7 Å². The van der Waals surface area contributed by atoms with E-state index in [0.717, 1.165) is 4.90 Å². The first kappa shape index (κ1) is 33.7. The number of hydrogen-bond acceptors (Lipinski definition) is 6. The molecule has 3 aromatic rings. The maximum Gasteiger partial charge on any atom is 0.416 e. The molecule has 0 saturated carbocycles. The topological polar surface area (TPSA) is 102 Å². The third-order valence-corrected chi connectivity index (χ3v) is 8.04. The molecule has 0 radical (unpaired) electrons. The number of alkyl halides is 6. The first-order valence-corrected chi connectivity index (χ1v) is 13.8. The van der Waals surface area contributed by atoms with Gasteiger partial charge < -0.3 is 14.6 Å². The summed E-state index contributed by atoms with van der Waals surface area (Å²) in [4.78, 5) is 26.2. The van der Waals surface area contributed by atoms with Crippen LogP contribution in [0, 0.1) is 10.1 Å². The van der Waals surface area contributed by atoms with Gasteiger partial charge in [0.2, 0.25) is 0 Å². The summed E-state index contributed by atoms with van der Waals surface area (Å²) in [5.74, 6) is 0. The third kappa shape index (κ3) is 7.39. The first-order chi connectivity index (χ1) is 21.1. The maximum atomic E-state index is 13.7. The average molecular weight is 641 g/mol. The number of halogens is 6. The fourth-order valence-corrected chi connectivity index (χ4v) is 5.33. The SMILES string of the molecule is C[C@@H](OCC1(c2ccccc2)CC[C@](CO)([N+](=O)[O-])CN1C(=O)OCc1ccccc1)c1cc(C(F)(F)F)cc(C(F)(F)F)c1. The van der Waals surface area contributed by atoms with E-state index < -0.39 is 77.0 Å². The molecule has 1 unspecified atom stereocenters. The Labute approximate surface area is 254 Å². The van der Waals surface area contributed by atoms with Crippen LogP contribution in [0.4, 0.5) is 31.1 Å². The third-order valence-electron chi connectivity index (χ3n) is 8.04. The highest BCUT2D eigenvalue weighted by Crippen LogP contribution is 2.44. The molecule has 45 heavy (non-hydrogen) atoms.